The summed E-state index contributed by atoms with van der Waals surface area (Å²) in [6, 6.07) is 19.1. The summed E-state index contributed by atoms with van der Waals surface area (Å²) in [5, 5.41) is 9.56. The maximum absolute atomic E-state index is 11.3. The van der Waals surface area contributed by atoms with Gasteiger partial charge < -0.3 is 10.1 Å². The minimum Gasteiger partial charge on any atom is -0.488 e. The van der Waals surface area contributed by atoms with Crippen molar-refractivity contribution in [2.24, 2.45) is 5.14 Å². The van der Waals surface area contributed by atoms with Gasteiger partial charge in [0.1, 0.15) is 12.4 Å². The van der Waals surface area contributed by atoms with E-state index in [0.29, 0.717) is 28.9 Å². The number of nitrogens with one attached hydrogen (secondary N) is 1. The Morgan fingerprint density at radius 2 is 1.64 bits per heavy atom. The second-order valence-electron chi connectivity index (χ2n) is 6.06. The van der Waals surface area contributed by atoms with Crippen LogP contribution in [0.3, 0.4) is 0 Å². The molecule has 0 fully saturated rings. The topological polar surface area (TPSA) is 81.4 Å². The Morgan fingerprint density at radius 1 is 0.929 bits per heavy atom. The predicted octanol–water partition coefficient (Wildman–Crippen LogP) is 4.83. The quantitative estimate of drug-likeness (QED) is 0.555. The average molecular weight is 437 g/mol. The Morgan fingerprint density at radius 3 is 2.32 bits per heavy atom. The molecule has 0 bridgehead atoms. The van der Waals surface area contributed by atoms with Gasteiger partial charge in [-0.2, -0.15) is 0 Å². The number of nitrogens with two attached hydrogens (primary N) is 1. The minimum atomic E-state index is -3.71. The number of sulfonamides is 1. The van der Waals surface area contributed by atoms with Gasteiger partial charge >= 0.3 is 0 Å². The summed E-state index contributed by atoms with van der Waals surface area (Å²) in [5.41, 5.74) is 2.48. The summed E-state index contributed by atoms with van der Waals surface area (Å²) in [7, 11) is -3.71. The summed E-state index contributed by atoms with van der Waals surface area (Å²) in [6.07, 6.45) is 0. The molecule has 3 N–H and O–H groups in total. The zero-order valence-electron chi connectivity index (χ0n) is 14.7. The number of hydrogen-bond acceptors (Lipinski definition) is 4. The third-order valence-electron chi connectivity index (χ3n) is 4.03. The number of benzene rings is 3. The summed E-state index contributed by atoms with van der Waals surface area (Å²) in [5.74, 6) is 0.679. The van der Waals surface area contributed by atoms with Crippen molar-refractivity contribution in [3.8, 4) is 5.75 Å². The van der Waals surface area contributed by atoms with Crippen LogP contribution >= 0.6 is 23.2 Å². The lowest BCUT2D eigenvalue weighted by atomic mass is 10.2. The van der Waals surface area contributed by atoms with Crippen LogP contribution < -0.4 is 15.2 Å². The summed E-state index contributed by atoms with van der Waals surface area (Å²) >= 11 is 12.3. The fourth-order valence-electron chi connectivity index (χ4n) is 2.56. The van der Waals surface area contributed by atoms with Gasteiger partial charge in [-0.25, -0.2) is 13.6 Å². The van der Waals surface area contributed by atoms with Crippen LogP contribution in [0.25, 0.3) is 0 Å². The zero-order valence-corrected chi connectivity index (χ0v) is 17.1. The molecule has 0 saturated heterocycles. The molecule has 8 heteroatoms. The molecular weight excluding hydrogens is 419 g/mol. The van der Waals surface area contributed by atoms with Gasteiger partial charge in [0.25, 0.3) is 0 Å². The summed E-state index contributed by atoms with van der Waals surface area (Å²) in [4.78, 5) is 0.0598. The number of hydrogen-bond donors (Lipinski definition) is 2. The Kier molecular flexibility index (Phi) is 6.46. The monoisotopic (exact) mass is 436 g/mol. The van der Waals surface area contributed by atoms with Crippen LogP contribution in [0.15, 0.2) is 71.6 Å². The summed E-state index contributed by atoms with van der Waals surface area (Å²) in [6.45, 7) is 0.768. The number of rotatable bonds is 7. The van der Waals surface area contributed by atoms with Crippen molar-refractivity contribution in [2.45, 2.75) is 18.0 Å². The van der Waals surface area contributed by atoms with Gasteiger partial charge in [0.05, 0.1) is 4.90 Å². The predicted molar refractivity (Wildman–Crippen MR) is 112 cm³/mol. The smallest absolute Gasteiger partial charge is 0.238 e. The molecule has 0 atom stereocenters. The van der Waals surface area contributed by atoms with Crippen molar-refractivity contribution >= 4 is 38.9 Å². The molecule has 3 rings (SSSR count). The molecule has 5 nitrogen and oxygen atoms in total. The molecule has 146 valence electrons. The van der Waals surface area contributed by atoms with E-state index in [-0.39, 0.29) is 4.90 Å². The van der Waals surface area contributed by atoms with E-state index < -0.39 is 10.0 Å². The SMILES string of the molecule is NS(=O)(=O)c1ccc(NCc2cc(Cl)ccc2OCc2ccccc2Cl)cc1. The minimum absolute atomic E-state index is 0.0598. The van der Waals surface area contributed by atoms with E-state index >= 15 is 0 Å². The zero-order chi connectivity index (χ0) is 20.1. The molecule has 3 aromatic rings. The molecule has 0 aliphatic carbocycles. The molecule has 0 aromatic heterocycles. The lowest BCUT2D eigenvalue weighted by molar-refractivity contribution is 0.303. The third kappa shape index (κ3) is 5.39. The van der Waals surface area contributed by atoms with Crippen LogP contribution in [0, 0.1) is 0 Å². The Hall–Kier alpha value is -2.25. The van der Waals surface area contributed by atoms with Gasteiger partial charge in [0.15, 0.2) is 0 Å². The van der Waals surface area contributed by atoms with Gasteiger partial charge in [-0.15, -0.1) is 0 Å². The third-order valence-corrected chi connectivity index (χ3v) is 5.56. The van der Waals surface area contributed by atoms with Crippen molar-refractivity contribution in [1.82, 2.24) is 0 Å². The van der Waals surface area contributed by atoms with Crippen LogP contribution in [0.5, 0.6) is 5.75 Å². The first-order valence-corrected chi connectivity index (χ1v) is 10.6. The molecule has 0 aliphatic rings. The van der Waals surface area contributed by atoms with E-state index in [1.54, 1.807) is 24.3 Å². The van der Waals surface area contributed by atoms with E-state index in [2.05, 4.69) is 5.32 Å². The standard InChI is InChI=1S/C20H18Cl2N2O3S/c21-16-5-10-20(27-13-14-3-1-2-4-19(14)22)15(11-16)12-24-17-6-8-18(9-7-17)28(23,25)26/h1-11,24H,12-13H2,(H2,23,25,26). The van der Waals surface area contributed by atoms with Gasteiger partial charge in [0.2, 0.25) is 10.0 Å². The van der Waals surface area contributed by atoms with Crippen LogP contribution in [-0.4, -0.2) is 8.42 Å². The molecule has 0 amide bonds. The number of halogens is 2. The van der Waals surface area contributed by atoms with Crippen LogP contribution in [0.1, 0.15) is 11.1 Å². The lowest BCUT2D eigenvalue weighted by Gasteiger charge is -2.14. The highest BCUT2D eigenvalue weighted by Gasteiger charge is 2.09. The van der Waals surface area contributed by atoms with Crippen molar-refractivity contribution in [1.29, 1.82) is 0 Å². The highest BCUT2D eigenvalue weighted by atomic mass is 35.5. The van der Waals surface area contributed by atoms with E-state index in [1.807, 2.05) is 30.3 Å². The first-order chi connectivity index (χ1) is 13.3. The normalized spacial score (nSPS) is 11.2. The Bertz CT molecular complexity index is 1070. The molecule has 0 heterocycles. The van der Waals surface area contributed by atoms with E-state index in [0.717, 1.165) is 16.8 Å². The van der Waals surface area contributed by atoms with Crippen LogP contribution in [-0.2, 0) is 23.2 Å². The fourth-order valence-corrected chi connectivity index (χ4v) is 3.46. The van der Waals surface area contributed by atoms with Crippen molar-refractivity contribution < 1.29 is 13.2 Å². The van der Waals surface area contributed by atoms with E-state index in [9.17, 15) is 8.42 Å². The second kappa shape index (κ2) is 8.84. The maximum Gasteiger partial charge on any atom is 0.238 e. The number of primary sulfonamides is 1. The first-order valence-electron chi connectivity index (χ1n) is 8.34. The van der Waals surface area contributed by atoms with Crippen molar-refractivity contribution in [3.63, 3.8) is 0 Å². The van der Waals surface area contributed by atoms with Crippen molar-refractivity contribution in [3.05, 3.63) is 87.9 Å². The van der Waals surface area contributed by atoms with Gasteiger partial charge in [-0.3, -0.25) is 0 Å². The molecular formula is C20H18Cl2N2O3S. The van der Waals surface area contributed by atoms with E-state index in [4.69, 9.17) is 33.1 Å². The average Bonchev–Trinajstić information content (AvgIpc) is 2.66. The molecule has 0 spiro atoms. The Balaban J connectivity index is 1.71. The summed E-state index contributed by atoms with van der Waals surface area (Å²) < 4.78 is 28.6. The molecule has 28 heavy (non-hydrogen) atoms. The van der Waals surface area contributed by atoms with Gasteiger partial charge in [-0.1, -0.05) is 41.4 Å². The van der Waals surface area contributed by atoms with Crippen molar-refractivity contribution in [2.75, 3.05) is 5.32 Å². The van der Waals surface area contributed by atoms with E-state index in [1.165, 1.54) is 12.1 Å². The molecule has 0 saturated carbocycles. The molecule has 0 unspecified atom stereocenters. The van der Waals surface area contributed by atoms with Gasteiger partial charge in [-0.05, 0) is 48.5 Å². The first kappa shape index (κ1) is 20.5. The number of ether oxygens (including phenoxy) is 1. The second-order valence-corrected chi connectivity index (χ2v) is 8.46. The van der Waals surface area contributed by atoms with Gasteiger partial charge in [0, 0.05) is 33.4 Å². The molecule has 0 aliphatic heterocycles. The fraction of sp³-hybridized carbons (Fsp3) is 0.100. The van der Waals surface area contributed by atoms with Crippen LogP contribution in [0.2, 0.25) is 10.0 Å². The lowest BCUT2D eigenvalue weighted by Crippen LogP contribution is -2.12. The number of anilines is 1. The molecule has 0 radical (unpaired) electrons. The largest absolute Gasteiger partial charge is 0.488 e. The molecule has 3 aromatic carbocycles. The highest BCUT2D eigenvalue weighted by Crippen LogP contribution is 2.26. The maximum atomic E-state index is 11.3. The highest BCUT2D eigenvalue weighted by molar-refractivity contribution is 7.89. The Labute approximate surface area is 174 Å². The van der Waals surface area contributed by atoms with Crippen LogP contribution in [0.4, 0.5) is 5.69 Å².